The van der Waals surface area contributed by atoms with Gasteiger partial charge in [0.2, 0.25) is 0 Å². The van der Waals surface area contributed by atoms with Crippen LogP contribution < -0.4 is 5.32 Å². The van der Waals surface area contributed by atoms with Crippen molar-refractivity contribution in [3.63, 3.8) is 0 Å². The van der Waals surface area contributed by atoms with Crippen molar-refractivity contribution in [1.82, 2.24) is 10.3 Å². The summed E-state index contributed by atoms with van der Waals surface area (Å²) in [6, 6.07) is 7.36. The second kappa shape index (κ2) is 4.77. The fourth-order valence-electron chi connectivity index (χ4n) is 3.08. The third kappa shape index (κ3) is 2.05. The Kier molecular flexibility index (Phi) is 3.13. The summed E-state index contributed by atoms with van der Waals surface area (Å²) in [6.45, 7) is 5.55. The van der Waals surface area contributed by atoms with Crippen LogP contribution in [0.1, 0.15) is 36.1 Å². The predicted octanol–water partition coefficient (Wildman–Crippen LogP) is 3.47. The van der Waals surface area contributed by atoms with Crippen LogP contribution in [0.5, 0.6) is 0 Å². The van der Waals surface area contributed by atoms with Crippen molar-refractivity contribution in [2.24, 2.45) is 0 Å². The molecule has 0 amide bonds. The molecule has 0 bridgehead atoms. The highest BCUT2D eigenvalue weighted by atomic mass is 14.9. The number of H-pyrrole nitrogens is 1. The first-order valence-electron chi connectivity index (χ1n) is 7.06. The summed E-state index contributed by atoms with van der Waals surface area (Å²) < 4.78 is 0. The molecule has 2 N–H and O–H groups in total. The quantitative estimate of drug-likeness (QED) is 0.829. The summed E-state index contributed by atoms with van der Waals surface area (Å²) in [7, 11) is 0. The minimum atomic E-state index is 0.660. The highest BCUT2D eigenvalue weighted by Gasteiger charge is 2.15. The van der Waals surface area contributed by atoms with Gasteiger partial charge in [0.15, 0.2) is 0 Å². The molecule has 1 saturated heterocycles. The smallest absolute Gasteiger partial charge is 0.0491 e. The van der Waals surface area contributed by atoms with Gasteiger partial charge in [0.1, 0.15) is 0 Å². The van der Waals surface area contributed by atoms with Crippen LogP contribution in [-0.2, 0) is 6.42 Å². The van der Waals surface area contributed by atoms with Gasteiger partial charge >= 0.3 is 0 Å². The summed E-state index contributed by atoms with van der Waals surface area (Å²) in [5, 5.41) is 5.03. The second-order valence-corrected chi connectivity index (χ2v) is 5.57. The molecule has 0 spiro atoms. The standard InChI is InChI=1S/C16H22N2/c1-11-12(2)18-16-13(6-5-8-15(11)16)10-14-7-3-4-9-17-14/h5-6,8,14,17-18H,3-4,7,9-10H2,1-2H3. The van der Waals surface area contributed by atoms with Crippen LogP contribution in [0.4, 0.5) is 0 Å². The van der Waals surface area contributed by atoms with Crippen molar-refractivity contribution < 1.29 is 0 Å². The molecule has 3 rings (SSSR count). The third-order valence-electron chi connectivity index (χ3n) is 4.31. The zero-order valence-electron chi connectivity index (χ0n) is 11.3. The van der Waals surface area contributed by atoms with Crippen molar-refractivity contribution in [3.05, 3.63) is 35.0 Å². The Bertz CT molecular complexity index is 547. The molecule has 0 radical (unpaired) electrons. The van der Waals surface area contributed by atoms with Crippen LogP contribution in [0.3, 0.4) is 0 Å². The Labute approximate surface area is 109 Å². The summed E-state index contributed by atoms with van der Waals surface area (Å²) in [5.74, 6) is 0. The first-order valence-corrected chi connectivity index (χ1v) is 7.06. The Morgan fingerprint density at radius 3 is 2.89 bits per heavy atom. The number of fused-ring (bicyclic) bond motifs is 1. The molecule has 2 aromatic rings. The molecular formula is C16H22N2. The van der Waals surface area contributed by atoms with E-state index in [1.165, 1.54) is 53.5 Å². The maximum absolute atomic E-state index is 3.64. The van der Waals surface area contributed by atoms with Crippen LogP contribution in [-0.4, -0.2) is 17.6 Å². The molecule has 1 aromatic carbocycles. The average molecular weight is 242 g/mol. The van der Waals surface area contributed by atoms with Crippen LogP contribution in [0.25, 0.3) is 10.9 Å². The van der Waals surface area contributed by atoms with E-state index in [2.05, 4.69) is 42.3 Å². The zero-order chi connectivity index (χ0) is 12.5. The Hall–Kier alpha value is -1.28. The van der Waals surface area contributed by atoms with Gasteiger partial charge in [-0.1, -0.05) is 24.6 Å². The third-order valence-corrected chi connectivity index (χ3v) is 4.31. The average Bonchev–Trinajstić information content (AvgIpc) is 2.69. The van der Waals surface area contributed by atoms with Gasteiger partial charge in [0.05, 0.1) is 0 Å². The zero-order valence-corrected chi connectivity index (χ0v) is 11.3. The highest BCUT2D eigenvalue weighted by molar-refractivity contribution is 5.87. The fraction of sp³-hybridized carbons (Fsp3) is 0.500. The van der Waals surface area contributed by atoms with E-state index in [4.69, 9.17) is 0 Å². The van der Waals surface area contributed by atoms with Gasteiger partial charge in [-0.2, -0.15) is 0 Å². The normalized spacial score (nSPS) is 20.4. The minimum absolute atomic E-state index is 0.660. The lowest BCUT2D eigenvalue weighted by Gasteiger charge is -2.23. The van der Waals surface area contributed by atoms with Crippen LogP contribution in [0, 0.1) is 13.8 Å². The van der Waals surface area contributed by atoms with E-state index in [1.54, 1.807) is 0 Å². The number of nitrogens with one attached hydrogen (secondary N) is 2. The molecule has 2 heteroatoms. The summed E-state index contributed by atoms with van der Waals surface area (Å²) in [4.78, 5) is 3.56. The Morgan fingerprint density at radius 1 is 1.22 bits per heavy atom. The second-order valence-electron chi connectivity index (χ2n) is 5.57. The van der Waals surface area contributed by atoms with E-state index < -0.39 is 0 Å². The molecule has 2 nitrogen and oxygen atoms in total. The fourth-order valence-corrected chi connectivity index (χ4v) is 3.08. The number of benzene rings is 1. The molecule has 0 saturated carbocycles. The minimum Gasteiger partial charge on any atom is -0.358 e. The molecule has 96 valence electrons. The van der Waals surface area contributed by atoms with Gasteiger partial charge in [0.25, 0.3) is 0 Å². The number of aromatic amines is 1. The van der Waals surface area contributed by atoms with E-state index >= 15 is 0 Å². The molecule has 1 atom stereocenters. The van der Waals surface area contributed by atoms with Crippen molar-refractivity contribution >= 4 is 10.9 Å². The molecule has 1 aliphatic heterocycles. The van der Waals surface area contributed by atoms with E-state index in [-0.39, 0.29) is 0 Å². The van der Waals surface area contributed by atoms with Gasteiger partial charge in [-0.3, -0.25) is 0 Å². The molecule has 1 fully saturated rings. The van der Waals surface area contributed by atoms with Gasteiger partial charge < -0.3 is 10.3 Å². The monoisotopic (exact) mass is 242 g/mol. The topological polar surface area (TPSA) is 27.8 Å². The first kappa shape index (κ1) is 11.8. The molecule has 18 heavy (non-hydrogen) atoms. The number of hydrogen-bond acceptors (Lipinski definition) is 1. The molecule has 1 unspecified atom stereocenters. The number of piperidine rings is 1. The lowest BCUT2D eigenvalue weighted by atomic mass is 9.96. The summed E-state index contributed by atoms with van der Waals surface area (Å²) in [6.07, 6.45) is 5.17. The molecule has 0 aliphatic carbocycles. The van der Waals surface area contributed by atoms with Gasteiger partial charge in [-0.15, -0.1) is 0 Å². The summed E-state index contributed by atoms with van der Waals surface area (Å²) in [5.41, 5.74) is 5.50. The van der Waals surface area contributed by atoms with E-state index in [1.807, 2.05) is 0 Å². The highest BCUT2D eigenvalue weighted by Crippen LogP contribution is 2.25. The lowest BCUT2D eigenvalue weighted by Crippen LogP contribution is -2.35. The Balaban J connectivity index is 1.93. The van der Waals surface area contributed by atoms with Crippen LogP contribution >= 0.6 is 0 Å². The van der Waals surface area contributed by atoms with E-state index in [9.17, 15) is 0 Å². The molecule has 1 aromatic heterocycles. The molecule has 2 heterocycles. The van der Waals surface area contributed by atoms with Crippen molar-refractivity contribution in [2.75, 3.05) is 6.54 Å². The van der Waals surface area contributed by atoms with Gasteiger partial charge in [0, 0.05) is 22.6 Å². The largest absolute Gasteiger partial charge is 0.358 e. The van der Waals surface area contributed by atoms with Gasteiger partial charge in [-0.05, 0) is 50.8 Å². The maximum atomic E-state index is 3.64. The van der Waals surface area contributed by atoms with Crippen molar-refractivity contribution in [1.29, 1.82) is 0 Å². The maximum Gasteiger partial charge on any atom is 0.0491 e. The first-order chi connectivity index (χ1) is 8.75. The molecule has 1 aliphatic rings. The SMILES string of the molecule is Cc1[nH]c2c(CC3CCCCN3)cccc2c1C. The van der Waals surface area contributed by atoms with Crippen molar-refractivity contribution in [2.45, 2.75) is 45.6 Å². The number of hydrogen-bond donors (Lipinski definition) is 2. The Morgan fingerprint density at radius 2 is 2.11 bits per heavy atom. The predicted molar refractivity (Wildman–Crippen MR) is 77.1 cm³/mol. The van der Waals surface area contributed by atoms with Gasteiger partial charge in [-0.25, -0.2) is 0 Å². The number of aromatic nitrogens is 1. The summed E-state index contributed by atoms with van der Waals surface area (Å²) >= 11 is 0. The number of aryl methyl sites for hydroxylation is 2. The number of para-hydroxylation sites is 1. The molecular weight excluding hydrogens is 220 g/mol. The van der Waals surface area contributed by atoms with E-state index in [0.29, 0.717) is 6.04 Å². The lowest BCUT2D eigenvalue weighted by molar-refractivity contribution is 0.400. The van der Waals surface area contributed by atoms with Crippen molar-refractivity contribution in [3.8, 4) is 0 Å². The van der Waals surface area contributed by atoms with Crippen LogP contribution in [0.2, 0.25) is 0 Å². The van der Waals surface area contributed by atoms with Crippen LogP contribution in [0.15, 0.2) is 18.2 Å². The number of rotatable bonds is 2. The van der Waals surface area contributed by atoms with E-state index in [0.717, 1.165) is 6.42 Å².